The van der Waals surface area contributed by atoms with E-state index in [9.17, 15) is 4.79 Å². The van der Waals surface area contributed by atoms with Crippen LogP contribution in [0.15, 0.2) is 29.8 Å². The van der Waals surface area contributed by atoms with Gasteiger partial charge < -0.3 is 9.64 Å². The van der Waals surface area contributed by atoms with Gasteiger partial charge in [0.2, 0.25) is 0 Å². The number of carbonyl (C=O) groups excluding carboxylic acids is 1. The molecular weight excluding hydrogens is 348 g/mol. The number of nitrogens with zero attached hydrogens (tertiary/aromatic N) is 4. The highest BCUT2D eigenvalue weighted by Gasteiger charge is 2.28. The normalized spacial score (nSPS) is 20.7. The number of fused-ring (bicyclic) bond motifs is 1. The predicted molar refractivity (Wildman–Crippen MR) is 102 cm³/mol. The predicted octanol–water partition coefficient (Wildman–Crippen LogP) is 3.10. The van der Waals surface area contributed by atoms with E-state index >= 15 is 0 Å². The third-order valence-corrected chi connectivity index (χ3v) is 5.42. The number of aryl methyl sites for hydroxylation is 1. The molecule has 0 N–H and O–H groups in total. The molecule has 0 saturated carbocycles. The number of hydrogen-bond donors (Lipinski definition) is 0. The van der Waals surface area contributed by atoms with E-state index in [-0.39, 0.29) is 18.1 Å². The van der Waals surface area contributed by atoms with Crippen molar-refractivity contribution in [3.63, 3.8) is 0 Å². The number of rotatable bonds is 3. The van der Waals surface area contributed by atoms with Crippen LogP contribution in [0, 0.1) is 6.92 Å². The van der Waals surface area contributed by atoms with E-state index in [0.717, 1.165) is 16.7 Å². The number of carbonyl (C=O) groups is 1. The van der Waals surface area contributed by atoms with Crippen LogP contribution in [0.5, 0.6) is 0 Å². The van der Waals surface area contributed by atoms with Gasteiger partial charge in [0, 0.05) is 23.7 Å². The van der Waals surface area contributed by atoms with E-state index in [1.54, 1.807) is 17.5 Å². The number of amides is 1. The van der Waals surface area contributed by atoms with Gasteiger partial charge in [-0.05, 0) is 38.3 Å². The molecule has 1 fully saturated rings. The Morgan fingerprint density at radius 2 is 2.12 bits per heavy atom. The average molecular weight is 370 g/mol. The van der Waals surface area contributed by atoms with Crippen molar-refractivity contribution < 1.29 is 9.53 Å². The average Bonchev–Trinajstić information content (AvgIpc) is 3.23. The summed E-state index contributed by atoms with van der Waals surface area (Å²) in [6, 6.07) is 5.98. The molecule has 1 saturated heterocycles. The van der Waals surface area contributed by atoms with E-state index in [2.05, 4.69) is 21.5 Å². The third kappa shape index (κ3) is 3.24. The third-order valence-electron chi connectivity index (χ3n) is 4.56. The maximum Gasteiger partial charge on any atom is 0.254 e. The second-order valence-corrected chi connectivity index (χ2v) is 7.93. The van der Waals surface area contributed by atoms with Crippen LogP contribution in [0.3, 0.4) is 0 Å². The van der Waals surface area contributed by atoms with Gasteiger partial charge in [-0.15, -0.1) is 11.3 Å². The van der Waals surface area contributed by atoms with Crippen molar-refractivity contribution in [1.82, 2.24) is 19.7 Å². The Bertz CT molecular complexity index is 925. The molecule has 3 aromatic heterocycles. The maximum atomic E-state index is 13.2. The summed E-state index contributed by atoms with van der Waals surface area (Å²) in [5, 5.41) is 7.36. The molecule has 1 amide bonds. The summed E-state index contributed by atoms with van der Waals surface area (Å²) in [5.41, 5.74) is 2.26. The largest absolute Gasteiger partial charge is 0.372 e. The Morgan fingerprint density at radius 3 is 2.81 bits per heavy atom. The quantitative estimate of drug-likeness (QED) is 0.711. The lowest BCUT2D eigenvalue weighted by molar-refractivity contribution is -0.0585. The summed E-state index contributed by atoms with van der Waals surface area (Å²) < 4.78 is 7.63. The summed E-state index contributed by atoms with van der Waals surface area (Å²) in [7, 11) is 0. The van der Waals surface area contributed by atoms with E-state index < -0.39 is 0 Å². The van der Waals surface area contributed by atoms with Crippen LogP contribution < -0.4 is 0 Å². The summed E-state index contributed by atoms with van der Waals surface area (Å²) in [6.45, 7) is 7.80. The molecule has 7 heteroatoms. The Kier molecular flexibility index (Phi) is 4.50. The zero-order chi connectivity index (χ0) is 18.3. The molecule has 4 rings (SSSR count). The fraction of sp³-hybridized carbons (Fsp3) is 0.421. The van der Waals surface area contributed by atoms with Crippen molar-refractivity contribution in [2.75, 3.05) is 13.1 Å². The molecule has 0 aromatic carbocycles. The number of aromatic nitrogens is 3. The van der Waals surface area contributed by atoms with E-state index in [0.29, 0.717) is 25.2 Å². The number of thiophene rings is 1. The summed E-state index contributed by atoms with van der Waals surface area (Å²) in [5.74, 6) is 0.0261. The molecular formula is C19H22N4O2S. The van der Waals surface area contributed by atoms with Gasteiger partial charge in [0.05, 0.1) is 35.9 Å². The topological polar surface area (TPSA) is 60.3 Å². The first-order valence-corrected chi connectivity index (χ1v) is 9.69. The van der Waals surface area contributed by atoms with Crippen molar-refractivity contribution in [1.29, 1.82) is 0 Å². The monoisotopic (exact) mass is 370 g/mol. The Hall–Kier alpha value is -2.25. The summed E-state index contributed by atoms with van der Waals surface area (Å²) >= 11 is 1.69. The molecule has 6 nitrogen and oxygen atoms in total. The van der Waals surface area contributed by atoms with Crippen molar-refractivity contribution in [2.45, 2.75) is 39.5 Å². The van der Waals surface area contributed by atoms with Crippen LogP contribution in [0.2, 0.25) is 0 Å². The standard InChI is InChI=1S/C19H22N4O2S/c1-12-7-16(19(24)22-9-13(2)25-14(3)10-22)17-8-20-23(18(17)21-12)11-15-5-4-6-26-15/h4-8,13-14H,9-11H2,1-3H3. The molecule has 0 spiro atoms. The SMILES string of the molecule is Cc1cc(C(=O)N2CC(C)OC(C)C2)c2cnn(Cc3cccs3)c2n1. The molecule has 0 bridgehead atoms. The van der Waals surface area contributed by atoms with Crippen LogP contribution in [-0.4, -0.2) is 50.9 Å². The molecule has 4 heterocycles. The van der Waals surface area contributed by atoms with Gasteiger partial charge in [-0.2, -0.15) is 5.10 Å². The second kappa shape index (κ2) is 6.81. The first-order chi connectivity index (χ1) is 12.5. The smallest absolute Gasteiger partial charge is 0.254 e. The molecule has 1 aliphatic rings. The fourth-order valence-electron chi connectivity index (χ4n) is 3.53. The van der Waals surface area contributed by atoms with E-state index in [1.165, 1.54) is 4.88 Å². The van der Waals surface area contributed by atoms with Crippen LogP contribution in [0.1, 0.15) is 34.8 Å². The van der Waals surface area contributed by atoms with Gasteiger partial charge in [0.1, 0.15) is 0 Å². The highest BCUT2D eigenvalue weighted by Crippen LogP contribution is 2.23. The lowest BCUT2D eigenvalue weighted by Crippen LogP contribution is -2.48. The highest BCUT2D eigenvalue weighted by atomic mass is 32.1. The maximum absolute atomic E-state index is 13.2. The molecule has 136 valence electrons. The van der Waals surface area contributed by atoms with Gasteiger partial charge in [-0.3, -0.25) is 4.79 Å². The molecule has 3 aromatic rings. The minimum atomic E-state index is 0.0261. The van der Waals surface area contributed by atoms with Gasteiger partial charge >= 0.3 is 0 Å². The second-order valence-electron chi connectivity index (χ2n) is 6.90. The minimum absolute atomic E-state index is 0.0261. The lowest BCUT2D eigenvalue weighted by atomic mass is 10.1. The van der Waals surface area contributed by atoms with E-state index in [4.69, 9.17) is 4.74 Å². The van der Waals surface area contributed by atoms with Crippen LogP contribution >= 0.6 is 11.3 Å². The van der Waals surface area contributed by atoms with Crippen molar-refractivity contribution in [2.24, 2.45) is 0 Å². The minimum Gasteiger partial charge on any atom is -0.372 e. The highest BCUT2D eigenvalue weighted by molar-refractivity contribution is 7.09. The molecule has 26 heavy (non-hydrogen) atoms. The zero-order valence-electron chi connectivity index (χ0n) is 15.2. The first kappa shape index (κ1) is 17.2. The first-order valence-electron chi connectivity index (χ1n) is 8.81. The number of pyridine rings is 1. The lowest BCUT2D eigenvalue weighted by Gasteiger charge is -2.35. The zero-order valence-corrected chi connectivity index (χ0v) is 16.0. The van der Waals surface area contributed by atoms with Gasteiger partial charge in [0.25, 0.3) is 5.91 Å². The Balaban J connectivity index is 1.71. The van der Waals surface area contributed by atoms with Crippen molar-refractivity contribution in [3.05, 3.63) is 45.9 Å². The van der Waals surface area contributed by atoms with Crippen LogP contribution in [-0.2, 0) is 11.3 Å². The Morgan fingerprint density at radius 1 is 1.35 bits per heavy atom. The fourth-order valence-corrected chi connectivity index (χ4v) is 4.22. The molecule has 2 atom stereocenters. The van der Waals surface area contributed by atoms with Gasteiger partial charge in [-0.25, -0.2) is 9.67 Å². The van der Waals surface area contributed by atoms with Crippen molar-refractivity contribution >= 4 is 28.3 Å². The van der Waals surface area contributed by atoms with Crippen molar-refractivity contribution in [3.8, 4) is 0 Å². The van der Waals surface area contributed by atoms with Crippen LogP contribution in [0.4, 0.5) is 0 Å². The molecule has 1 aliphatic heterocycles. The molecule has 0 radical (unpaired) electrons. The Labute approximate surface area is 156 Å². The number of ether oxygens (including phenoxy) is 1. The number of hydrogen-bond acceptors (Lipinski definition) is 5. The van der Waals surface area contributed by atoms with Gasteiger partial charge in [-0.1, -0.05) is 6.07 Å². The number of morpholine rings is 1. The molecule has 0 aliphatic carbocycles. The summed E-state index contributed by atoms with van der Waals surface area (Å²) in [6.07, 6.45) is 1.85. The molecule has 2 unspecified atom stereocenters. The van der Waals surface area contributed by atoms with Gasteiger partial charge in [0.15, 0.2) is 5.65 Å². The summed E-state index contributed by atoms with van der Waals surface area (Å²) in [4.78, 5) is 20.9. The van der Waals surface area contributed by atoms with E-state index in [1.807, 2.05) is 42.5 Å². The van der Waals surface area contributed by atoms with Crippen LogP contribution in [0.25, 0.3) is 11.0 Å².